The Bertz CT molecular complexity index is 1650. The topological polar surface area (TPSA) is 100 Å². The minimum absolute atomic E-state index is 0.00638. The number of carbonyl (C=O) groups excluding carboxylic acids is 1. The first-order valence-electron chi connectivity index (χ1n) is 16.7. The monoisotopic (exact) mass is 632 g/mol. The van der Waals surface area contributed by atoms with E-state index in [1.807, 2.05) is 42.5 Å². The summed E-state index contributed by atoms with van der Waals surface area (Å²) in [6, 6.07) is 35.0. The summed E-state index contributed by atoms with van der Waals surface area (Å²) in [6.45, 7) is 5.62. The van der Waals surface area contributed by atoms with Gasteiger partial charge in [-0.1, -0.05) is 91.9 Å². The van der Waals surface area contributed by atoms with Crippen LogP contribution < -0.4 is 16.0 Å². The van der Waals surface area contributed by atoms with Crippen molar-refractivity contribution in [2.75, 3.05) is 31.2 Å². The van der Waals surface area contributed by atoms with E-state index >= 15 is 0 Å². The average molecular weight is 633 g/mol. The van der Waals surface area contributed by atoms with Crippen molar-refractivity contribution in [2.45, 2.75) is 57.0 Å². The van der Waals surface area contributed by atoms with E-state index in [-0.39, 0.29) is 30.6 Å². The number of ether oxygens (including phenoxy) is 2. The molecule has 0 radical (unpaired) electrons. The molecular weight excluding hydrogens is 588 g/mol. The minimum Gasteiger partial charge on any atom is -0.392 e. The van der Waals surface area contributed by atoms with Crippen molar-refractivity contribution in [3.05, 3.63) is 125 Å². The third kappa shape index (κ3) is 6.32. The molecule has 3 saturated heterocycles. The van der Waals surface area contributed by atoms with Gasteiger partial charge in [0, 0.05) is 43.3 Å². The second kappa shape index (κ2) is 13.6. The number of aliphatic hydroxyl groups excluding tert-OH is 1. The number of nitrogens with one attached hydrogen (secondary N) is 1. The van der Waals surface area contributed by atoms with Crippen LogP contribution in [-0.4, -0.2) is 53.9 Å². The Kier molecular flexibility index (Phi) is 9.12. The summed E-state index contributed by atoms with van der Waals surface area (Å²) in [5.74, 6) is 0.206. The number of hydrogen-bond acceptors (Lipinski definition) is 7. The van der Waals surface area contributed by atoms with Crippen LogP contribution in [0, 0.1) is 5.92 Å². The van der Waals surface area contributed by atoms with Crippen LogP contribution >= 0.6 is 0 Å². The first kappa shape index (κ1) is 31.5. The van der Waals surface area contributed by atoms with Gasteiger partial charge in [-0.05, 0) is 58.9 Å². The molecule has 3 aliphatic rings. The molecule has 0 bridgehead atoms. The first-order chi connectivity index (χ1) is 23.0. The van der Waals surface area contributed by atoms with E-state index < -0.39 is 11.8 Å². The lowest BCUT2D eigenvalue weighted by atomic mass is 9.84. The van der Waals surface area contributed by atoms with Crippen LogP contribution in [0.15, 0.2) is 103 Å². The van der Waals surface area contributed by atoms with Gasteiger partial charge in [-0.3, -0.25) is 4.79 Å². The molecule has 0 aliphatic carbocycles. The molecule has 0 saturated carbocycles. The number of piperidine rings is 1. The number of para-hydroxylation sites is 1. The van der Waals surface area contributed by atoms with Crippen molar-refractivity contribution in [2.24, 2.45) is 11.7 Å². The van der Waals surface area contributed by atoms with Gasteiger partial charge in [0.2, 0.25) is 5.91 Å². The number of anilines is 1. The van der Waals surface area contributed by atoms with E-state index in [4.69, 9.17) is 15.2 Å². The fourth-order valence-electron chi connectivity index (χ4n) is 7.43. The number of amides is 1. The highest BCUT2D eigenvalue weighted by Crippen LogP contribution is 2.43. The van der Waals surface area contributed by atoms with Crippen LogP contribution in [0.2, 0.25) is 0 Å². The molecule has 4 atom stereocenters. The van der Waals surface area contributed by atoms with Gasteiger partial charge in [0.25, 0.3) is 0 Å². The summed E-state index contributed by atoms with van der Waals surface area (Å²) < 4.78 is 13.5. The third-order valence-electron chi connectivity index (χ3n) is 10.3. The van der Waals surface area contributed by atoms with Crippen molar-refractivity contribution in [3.63, 3.8) is 0 Å². The van der Waals surface area contributed by atoms with Crippen molar-refractivity contribution >= 4 is 11.6 Å². The molecule has 244 valence electrons. The zero-order valence-corrected chi connectivity index (χ0v) is 26.9. The predicted octanol–water partition coefficient (Wildman–Crippen LogP) is 5.52. The Hall–Kier alpha value is -4.05. The van der Waals surface area contributed by atoms with Crippen LogP contribution in [0.4, 0.5) is 5.69 Å². The number of nitrogens with zero attached hydrogens (tertiary/aromatic N) is 2. The van der Waals surface area contributed by atoms with Crippen molar-refractivity contribution in [3.8, 4) is 11.1 Å². The van der Waals surface area contributed by atoms with Gasteiger partial charge in [0.1, 0.15) is 5.54 Å². The van der Waals surface area contributed by atoms with Crippen LogP contribution in [0.1, 0.15) is 54.4 Å². The SMILES string of the molecule is C[C@@H]1[C@H](CN2CCC3(CC2)C(=O)NCN3c2ccccc2)O[C@H](c2ccc(-c3cccc(CN)c3)cc2)O[C@@H]1c1ccc(CO)cc1. The van der Waals surface area contributed by atoms with E-state index in [1.165, 1.54) is 0 Å². The molecule has 8 nitrogen and oxygen atoms in total. The molecular formula is C39H44N4O4. The Labute approximate surface area is 277 Å². The number of carbonyl (C=O) groups is 1. The van der Waals surface area contributed by atoms with Gasteiger partial charge in [-0.15, -0.1) is 0 Å². The van der Waals surface area contributed by atoms with Crippen molar-refractivity contribution in [1.82, 2.24) is 10.2 Å². The zero-order chi connectivity index (χ0) is 32.4. The van der Waals surface area contributed by atoms with Gasteiger partial charge in [-0.2, -0.15) is 0 Å². The van der Waals surface area contributed by atoms with Crippen LogP contribution in [0.3, 0.4) is 0 Å². The summed E-state index contributed by atoms with van der Waals surface area (Å²) in [5.41, 5.74) is 12.7. The second-order valence-electron chi connectivity index (χ2n) is 13.1. The van der Waals surface area contributed by atoms with Crippen LogP contribution in [0.25, 0.3) is 11.1 Å². The maximum atomic E-state index is 13.2. The van der Waals surface area contributed by atoms with Crippen molar-refractivity contribution in [1.29, 1.82) is 0 Å². The van der Waals surface area contributed by atoms with E-state index in [2.05, 4.69) is 82.7 Å². The summed E-state index contributed by atoms with van der Waals surface area (Å²) in [5, 5.41) is 12.7. The average Bonchev–Trinajstić information content (AvgIpc) is 3.45. The van der Waals surface area contributed by atoms with Gasteiger partial charge in [0.15, 0.2) is 6.29 Å². The highest BCUT2D eigenvalue weighted by atomic mass is 16.7. The lowest BCUT2D eigenvalue weighted by Gasteiger charge is -2.46. The maximum Gasteiger partial charge on any atom is 0.247 e. The molecule has 4 aromatic rings. The Morgan fingerprint density at radius 1 is 0.851 bits per heavy atom. The highest BCUT2D eigenvalue weighted by molar-refractivity contribution is 5.93. The molecule has 1 amide bonds. The van der Waals surface area contributed by atoms with E-state index in [9.17, 15) is 9.90 Å². The number of hydrogen-bond donors (Lipinski definition) is 3. The second-order valence-corrected chi connectivity index (χ2v) is 13.1. The third-order valence-corrected chi connectivity index (χ3v) is 10.3. The molecule has 3 aliphatic heterocycles. The van der Waals surface area contributed by atoms with E-state index in [0.717, 1.165) is 71.5 Å². The molecule has 47 heavy (non-hydrogen) atoms. The molecule has 8 heteroatoms. The van der Waals surface area contributed by atoms with Gasteiger partial charge in [-0.25, -0.2) is 0 Å². The Morgan fingerprint density at radius 2 is 1.57 bits per heavy atom. The molecule has 4 N–H and O–H groups in total. The number of benzene rings is 4. The number of nitrogens with two attached hydrogens (primary N) is 1. The fraction of sp³-hybridized carbons (Fsp3) is 0.359. The molecule has 0 aromatic heterocycles. The predicted molar refractivity (Wildman–Crippen MR) is 183 cm³/mol. The van der Waals surface area contributed by atoms with Crippen molar-refractivity contribution < 1.29 is 19.4 Å². The standard InChI is InChI=1S/C39H44N4O4/c1-27-35(24-42-20-18-39(19-21-42)38(45)41-26-43(39)34-8-3-2-4-9-34)46-37(47-36(27)31-12-10-28(25-44)11-13-31)32-16-14-30(15-17-32)33-7-5-6-29(22-33)23-40/h2-17,22,27,35-37,44H,18-21,23-26,40H2,1H3,(H,41,45)/t27-,35+,36+,37+/m1/s1. The van der Waals surface area contributed by atoms with Gasteiger partial charge >= 0.3 is 0 Å². The normalized spacial score (nSPS) is 24.4. The minimum atomic E-state index is -0.534. The Balaban J connectivity index is 1.10. The number of aliphatic hydroxyl groups is 1. The summed E-state index contributed by atoms with van der Waals surface area (Å²) >= 11 is 0. The van der Waals surface area contributed by atoms with E-state index in [1.54, 1.807) is 0 Å². The molecule has 7 rings (SSSR count). The first-order valence-corrected chi connectivity index (χ1v) is 16.7. The smallest absolute Gasteiger partial charge is 0.247 e. The van der Waals surface area contributed by atoms with Gasteiger partial charge in [0.05, 0.1) is 25.5 Å². The summed E-state index contributed by atoms with van der Waals surface area (Å²) in [6.07, 6.45) is 0.710. The summed E-state index contributed by atoms with van der Waals surface area (Å²) in [7, 11) is 0. The number of likely N-dealkylation sites (tertiary alicyclic amines) is 1. The molecule has 3 heterocycles. The van der Waals surface area contributed by atoms with Crippen LogP contribution in [0.5, 0.6) is 0 Å². The maximum absolute atomic E-state index is 13.2. The quantitative estimate of drug-likeness (QED) is 0.235. The molecule has 3 fully saturated rings. The highest BCUT2D eigenvalue weighted by Gasteiger charge is 2.51. The number of rotatable bonds is 8. The zero-order valence-electron chi connectivity index (χ0n) is 26.9. The van der Waals surface area contributed by atoms with Gasteiger partial charge < -0.3 is 35.4 Å². The van der Waals surface area contributed by atoms with Crippen LogP contribution in [-0.2, 0) is 27.4 Å². The Morgan fingerprint density at radius 3 is 2.28 bits per heavy atom. The summed E-state index contributed by atoms with van der Waals surface area (Å²) in [4.78, 5) is 17.9. The fourth-order valence-corrected chi connectivity index (χ4v) is 7.43. The largest absolute Gasteiger partial charge is 0.392 e. The molecule has 1 spiro atoms. The lowest BCUT2D eigenvalue weighted by molar-refractivity contribution is -0.276. The van der Waals surface area contributed by atoms with E-state index in [0.29, 0.717) is 13.2 Å². The molecule has 0 unspecified atom stereocenters. The lowest BCUT2D eigenvalue weighted by Crippen LogP contribution is -2.57. The molecule has 4 aromatic carbocycles.